The topological polar surface area (TPSA) is 60.2 Å². The molecular formula is C10H9NO2S. The lowest BCUT2D eigenvalue weighted by atomic mass is 10.1. The second-order valence-electron chi connectivity index (χ2n) is 2.99. The molecule has 1 aromatic rings. The van der Waals surface area contributed by atoms with Crippen LogP contribution in [0.4, 0.5) is 0 Å². The molecule has 1 aromatic carbocycles. The molecule has 0 spiro atoms. The van der Waals surface area contributed by atoms with E-state index in [0.717, 1.165) is 11.0 Å². The quantitative estimate of drug-likeness (QED) is 0.754. The molecule has 2 N–H and O–H groups in total. The van der Waals surface area contributed by atoms with Crippen LogP contribution < -0.4 is 5.73 Å². The summed E-state index contributed by atoms with van der Waals surface area (Å²) in [6, 6.07) is 9.21. The van der Waals surface area contributed by atoms with Crippen molar-refractivity contribution >= 4 is 15.4 Å². The molecule has 1 aliphatic rings. The Bertz CT molecular complexity index is 512. The summed E-state index contributed by atoms with van der Waals surface area (Å²) in [4.78, 5) is 0. The molecule has 0 saturated carbocycles. The van der Waals surface area contributed by atoms with Gasteiger partial charge in [0.15, 0.2) is 0 Å². The van der Waals surface area contributed by atoms with Crippen LogP contribution in [0, 0.1) is 0 Å². The summed E-state index contributed by atoms with van der Waals surface area (Å²) in [6.07, 6.45) is 1.53. The highest BCUT2D eigenvalue weighted by Crippen LogP contribution is 2.27. The summed E-state index contributed by atoms with van der Waals surface area (Å²) in [5.41, 5.74) is 6.91. The molecule has 0 radical (unpaired) electrons. The zero-order chi connectivity index (χ0) is 10.2. The molecule has 14 heavy (non-hydrogen) atoms. The first-order chi connectivity index (χ1) is 6.61. The Morgan fingerprint density at radius 3 is 2.21 bits per heavy atom. The zero-order valence-electron chi connectivity index (χ0n) is 7.34. The molecule has 0 atom stereocenters. The molecule has 0 fully saturated rings. The van der Waals surface area contributed by atoms with Crippen LogP contribution in [0.2, 0.25) is 0 Å². The zero-order valence-corrected chi connectivity index (χ0v) is 8.16. The minimum atomic E-state index is -3.35. The van der Waals surface area contributed by atoms with Crippen LogP contribution in [-0.4, -0.2) is 8.42 Å². The summed E-state index contributed by atoms with van der Waals surface area (Å²) >= 11 is 0. The van der Waals surface area contributed by atoms with Crippen molar-refractivity contribution in [3.8, 4) is 0 Å². The van der Waals surface area contributed by atoms with Gasteiger partial charge < -0.3 is 5.73 Å². The second kappa shape index (κ2) is 2.99. The molecule has 1 aliphatic heterocycles. The minimum absolute atomic E-state index is 0.0660. The van der Waals surface area contributed by atoms with Crippen molar-refractivity contribution in [2.75, 3.05) is 0 Å². The van der Waals surface area contributed by atoms with Gasteiger partial charge in [-0.25, -0.2) is 8.42 Å². The third kappa shape index (κ3) is 1.33. The number of nitrogens with two attached hydrogens (primary N) is 1. The van der Waals surface area contributed by atoms with E-state index in [0.29, 0.717) is 5.57 Å². The van der Waals surface area contributed by atoms with Gasteiger partial charge in [0.25, 0.3) is 0 Å². The largest absolute Gasteiger partial charge is 0.389 e. The third-order valence-electron chi connectivity index (χ3n) is 2.07. The van der Waals surface area contributed by atoms with E-state index in [1.807, 2.05) is 30.3 Å². The Kier molecular flexibility index (Phi) is 1.93. The maximum Gasteiger partial charge on any atom is 0.215 e. The summed E-state index contributed by atoms with van der Waals surface area (Å²) < 4.78 is 22.6. The van der Waals surface area contributed by atoms with Crippen molar-refractivity contribution in [1.82, 2.24) is 0 Å². The lowest BCUT2D eigenvalue weighted by Gasteiger charge is -2.00. The molecule has 0 aliphatic carbocycles. The van der Waals surface area contributed by atoms with Crippen molar-refractivity contribution in [1.29, 1.82) is 0 Å². The Morgan fingerprint density at radius 1 is 1.07 bits per heavy atom. The Labute approximate surface area is 82.5 Å². The number of hydrogen-bond donors (Lipinski definition) is 1. The van der Waals surface area contributed by atoms with Crippen LogP contribution in [0.3, 0.4) is 0 Å². The Morgan fingerprint density at radius 2 is 1.71 bits per heavy atom. The van der Waals surface area contributed by atoms with Crippen molar-refractivity contribution in [3.63, 3.8) is 0 Å². The van der Waals surface area contributed by atoms with E-state index >= 15 is 0 Å². The SMILES string of the molecule is NC1=C(c2ccccc2)C=CS1(=O)=O. The Balaban J connectivity index is 2.59. The van der Waals surface area contributed by atoms with Gasteiger partial charge in [-0.05, 0) is 11.6 Å². The van der Waals surface area contributed by atoms with E-state index in [1.165, 1.54) is 6.08 Å². The molecule has 4 heteroatoms. The molecule has 0 saturated heterocycles. The number of sulfone groups is 1. The van der Waals surface area contributed by atoms with Crippen molar-refractivity contribution < 1.29 is 8.42 Å². The first-order valence-corrected chi connectivity index (χ1v) is 5.64. The standard InChI is InChI=1S/C10H9NO2S/c11-10-9(6-7-14(10,12)13)8-4-2-1-3-5-8/h1-7H,11H2. The Hall–Kier alpha value is -1.55. The van der Waals surface area contributed by atoms with E-state index < -0.39 is 9.84 Å². The monoisotopic (exact) mass is 207 g/mol. The van der Waals surface area contributed by atoms with Crippen molar-refractivity contribution in [2.45, 2.75) is 0 Å². The predicted octanol–water partition coefficient (Wildman–Crippen LogP) is 1.26. The molecule has 1 heterocycles. The highest BCUT2D eigenvalue weighted by Gasteiger charge is 2.21. The van der Waals surface area contributed by atoms with Crippen LogP contribution in [0.15, 0.2) is 46.8 Å². The van der Waals surface area contributed by atoms with Gasteiger partial charge in [-0.15, -0.1) is 0 Å². The van der Waals surface area contributed by atoms with Gasteiger partial charge in [0, 0.05) is 11.0 Å². The molecular weight excluding hydrogens is 198 g/mol. The average molecular weight is 207 g/mol. The second-order valence-corrected chi connectivity index (χ2v) is 4.79. The summed E-state index contributed by atoms with van der Waals surface area (Å²) in [5.74, 6) is 0. The van der Waals surface area contributed by atoms with Gasteiger partial charge in [-0.1, -0.05) is 30.3 Å². The maximum absolute atomic E-state index is 11.3. The number of benzene rings is 1. The van der Waals surface area contributed by atoms with Crippen LogP contribution in [0.5, 0.6) is 0 Å². The normalized spacial score (nSPS) is 18.9. The lowest BCUT2D eigenvalue weighted by molar-refractivity contribution is 0.610. The fourth-order valence-electron chi connectivity index (χ4n) is 1.32. The molecule has 0 unspecified atom stereocenters. The highest BCUT2D eigenvalue weighted by molar-refractivity contribution is 7.98. The van der Waals surface area contributed by atoms with Crippen LogP contribution in [-0.2, 0) is 9.84 Å². The van der Waals surface area contributed by atoms with Gasteiger partial charge in [0.1, 0.15) is 5.03 Å². The van der Waals surface area contributed by atoms with Crippen LogP contribution in [0.25, 0.3) is 5.57 Å². The summed E-state index contributed by atoms with van der Waals surface area (Å²) in [7, 11) is -3.35. The number of rotatable bonds is 1. The van der Waals surface area contributed by atoms with E-state index in [-0.39, 0.29) is 5.03 Å². The minimum Gasteiger partial charge on any atom is -0.389 e. The molecule has 72 valence electrons. The smallest absolute Gasteiger partial charge is 0.215 e. The third-order valence-corrected chi connectivity index (χ3v) is 3.40. The fraction of sp³-hybridized carbons (Fsp3) is 0. The van der Waals surface area contributed by atoms with Crippen molar-refractivity contribution in [3.05, 3.63) is 52.4 Å². The van der Waals surface area contributed by atoms with E-state index in [4.69, 9.17) is 5.73 Å². The molecule has 3 nitrogen and oxygen atoms in total. The van der Waals surface area contributed by atoms with Gasteiger partial charge in [-0.2, -0.15) is 0 Å². The number of allylic oxidation sites excluding steroid dienone is 2. The van der Waals surface area contributed by atoms with E-state index in [9.17, 15) is 8.42 Å². The molecule has 2 rings (SSSR count). The maximum atomic E-state index is 11.3. The summed E-state index contributed by atoms with van der Waals surface area (Å²) in [6.45, 7) is 0. The fourth-order valence-corrected chi connectivity index (χ4v) is 2.28. The van der Waals surface area contributed by atoms with Gasteiger partial charge in [0.2, 0.25) is 9.84 Å². The molecule has 0 bridgehead atoms. The van der Waals surface area contributed by atoms with Crippen LogP contribution in [0.1, 0.15) is 5.56 Å². The molecule has 0 amide bonds. The van der Waals surface area contributed by atoms with Gasteiger partial charge in [-0.3, -0.25) is 0 Å². The molecule has 0 aromatic heterocycles. The number of hydrogen-bond acceptors (Lipinski definition) is 3. The summed E-state index contributed by atoms with van der Waals surface area (Å²) in [5, 5.41) is 1.06. The first kappa shape index (κ1) is 9.02. The first-order valence-electron chi connectivity index (χ1n) is 4.09. The van der Waals surface area contributed by atoms with Crippen molar-refractivity contribution in [2.24, 2.45) is 5.73 Å². The predicted molar refractivity (Wildman–Crippen MR) is 55.6 cm³/mol. The highest BCUT2D eigenvalue weighted by atomic mass is 32.2. The van der Waals surface area contributed by atoms with Gasteiger partial charge in [0.05, 0.1) is 0 Å². The lowest BCUT2D eigenvalue weighted by Crippen LogP contribution is -2.07. The van der Waals surface area contributed by atoms with E-state index in [2.05, 4.69) is 0 Å². The van der Waals surface area contributed by atoms with E-state index in [1.54, 1.807) is 0 Å². The average Bonchev–Trinajstić information content (AvgIpc) is 2.44. The van der Waals surface area contributed by atoms with Gasteiger partial charge >= 0.3 is 0 Å². The van der Waals surface area contributed by atoms with Crippen LogP contribution >= 0.6 is 0 Å².